The Bertz CT molecular complexity index is 327. The van der Waals surface area contributed by atoms with Crippen molar-refractivity contribution in [3.05, 3.63) is 0 Å². The van der Waals surface area contributed by atoms with Crippen LogP contribution in [0.3, 0.4) is 0 Å². The lowest BCUT2D eigenvalue weighted by Crippen LogP contribution is -2.52. The van der Waals surface area contributed by atoms with Crippen LogP contribution in [0.1, 0.15) is 26.2 Å². The van der Waals surface area contributed by atoms with Crippen LogP contribution in [-0.4, -0.2) is 58.8 Å². The number of aliphatic carboxylic acids is 1. The number of thioether (sulfide) groups is 1. The zero-order valence-corrected chi connectivity index (χ0v) is 12.2. The maximum Gasteiger partial charge on any atom is 0.327 e. The molecule has 0 aromatic rings. The van der Waals surface area contributed by atoms with E-state index in [1.54, 1.807) is 7.11 Å². The average Bonchev–Trinajstić information content (AvgIpc) is 2.79. The van der Waals surface area contributed by atoms with Crippen molar-refractivity contribution in [1.82, 2.24) is 4.90 Å². The maximum atomic E-state index is 12.3. The van der Waals surface area contributed by atoms with Crippen molar-refractivity contribution in [3.8, 4) is 0 Å². The van der Waals surface area contributed by atoms with Crippen LogP contribution in [0.4, 0.5) is 0 Å². The molecular weight excluding hydrogens is 268 g/mol. The Balaban J connectivity index is 2.76. The van der Waals surface area contributed by atoms with Crippen molar-refractivity contribution >= 4 is 23.6 Å². The fourth-order valence-corrected chi connectivity index (χ4v) is 3.60. The second-order valence-electron chi connectivity index (χ2n) is 4.56. The standard InChI is InChI=1S/C12H22N2O4S/c1-3-4-10-14(9(7-19-10)12(16)17)11(15)8(13)5-6-18-2/h8-10H,3-7,13H2,1-2H3,(H,16,17). The van der Waals surface area contributed by atoms with Gasteiger partial charge in [0.1, 0.15) is 6.04 Å². The van der Waals surface area contributed by atoms with E-state index in [2.05, 4.69) is 0 Å². The van der Waals surface area contributed by atoms with Crippen molar-refractivity contribution < 1.29 is 19.4 Å². The molecule has 7 heteroatoms. The highest BCUT2D eigenvalue weighted by Crippen LogP contribution is 2.32. The molecule has 3 atom stereocenters. The number of nitrogens with zero attached hydrogens (tertiary/aromatic N) is 1. The molecule has 6 nitrogen and oxygen atoms in total. The molecule has 1 fully saturated rings. The van der Waals surface area contributed by atoms with Gasteiger partial charge in [0.25, 0.3) is 0 Å². The zero-order valence-electron chi connectivity index (χ0n) is 11.4. The number of carboxylic acid groups (broad SMARTS) is 1. The van der Waals surface area contributed by atoms with Gasteiger partial charge < -0.3 is 20.5 Å². The molecule has 0 aromatic carbocycles. The van der Waals surface area contributed by atoms with E-state index < -0.39 is 18.1 Å². The number of nitrogens with two attached hydrogens (primary N) is 1. The minimum atomic E-state index is -0.960. The molecular formula is C12H22N2O4S. The molecule has 0 bridgehead atoms. The molecule has 1 aliphatic rings. The third-order valence-electron chi connectivity index (χ3n) is 3.12. The molecule has 19 heavy (non-hydrogen) atoms. The average molecular weight is 290 g/mol. The van der Waals surface area contributed by atoms with Gasteiger partial charge in [-0.15, -0.1) is 11.8 Å². The molecule has 3 unspecified atom stereocenters. The van der Waals surface area contributed by atoms with E-state index in [0.29, 0.717) is 18.8 Å². The van der Waals surface area contributed by atoms with Gasteiger partial charge in [-0.2, -0.15) is 0 Å². The van der Waals surface area contributed by atoms with Crippen LogP contribution in [0.25, 0.3) is 0 Å². The highest BCUT2D eigenvalue weighted by molar-refractivity contribution is 8.00. The summed E-state index contributed by atoms with van der Waals surface area (Å²) in [5.41, 5.74) is 5.83. The summed E-state index contributed by atoms with van der Waals surface area (Å²) >= 11 is 1.52. The van der Waals surface area contributed by atoms with Crippen LogP contribution in [0.2, 0.25) is 0 Å². The first-order chi connectivity index (χ1) is 9.02. The summed E-state index contributed by atoms with van der Waals surface area (Å²) in [5.74, 6) is -0.811. The first-order valence-electron chi connectivity index (χ1n) is 6.44. The smallest absolute Gasteiger partial charge is 0.327 e. The number of hydrogen-bond donors (Lipinski definition) is 2. The largest absolute Gasteiger partial charge is 0.480 e. The normalized spacial score (nSPS) is 24.5. The lowest BCUT2D eigenvalue weighted by molar-refractivity contribution is -0.149. The number of rotatable bonds is 7. The number of amides is 1. The third kappa shape index (κ3) is 4.09. The fraction of sp³-hybridized carbons (Fsp3) is 0.833. The van der Waals surface area contributed by atoms with Gasteiger partial charge >= 0.3 is 5.97 Å². The number of hydrogen-bond acceptors (Lipinski definition) is 5. The fourth-order valence-electron chi connectivity index (χ4n) is 2.08. The van der Waals surface area contributed by atoms with E-state index >= 15 is 0 Å². The number of carbonyl (C=O) groups is 2. The topological polar surface area (TPSA) is 92.9 Å². The second kappa shape index (κ2) is 7.72. The number of methoxy groups -OCH3 is 1. The van der Waals surface area contributed by atoms with Crippen LogP contribution >= 0.6 is 11.8 Å². The molecule has 1 rings (SSSR count). The molecule has 110 valence electrons. The molecule has 0 aliphatic carbocycles. The van der Waals surface area contributed by atoms with Crippen LogP contribution in [0.5, 0.6) is 0 Å². The van der Waals surface area contributed by atoms with Crippen molar-refractivity contribution in [2.24, 2.45) is 5.73 Å². The summed E-state index contributed by atoms with van der Waals surface area (Å²) < 4.78 is 4.90. The molecule has 1 saturated heterocycles. The second-order valence-corrected chi connectivity index (χ2v) is 5.77. The molecule has 0 aromatic heterocycles. The minimum absolute atomic E-state index is 0.0767. The molecule has 1 heterocycles. The Morgan fingerprint density at radius 3 is 2.79 bits per heavy atom. The van der Waals surface area contributed by atoms with Crippen LogP contribution in [0, 0.1) is 0 Å². The Morgan fingerprint density at radius 2 is 2.26 bits per heavy atom. The van der Waals surface area contributed by atoms with Crippen LogP contribution < -0.4 is 5.73 Å². The first kappa shape index (κ1) is 16.3. The van der Waals surface area contributed by atoms with E-state index in [9.17, 15) is 14.7 Å². The monoisotopic (exact) mass is 290 g/mol. The predicted molar refractivity (Wildman–Crippen MR) is 73.9 cm³/mol. The van der Waals surface area contributed by atoms with Gasteiger partial charge in [0.2, 0.25) is 5.91 Å². The first-order valence-corrected chi connectivity index (χ1v) is 7.48. The number of ether oxygens (including phenoxy) is 1. The lowest BCUT2D eigenvalue weighted by atomic mass is 10.1. The van der Waals surface area contributed by atoms with Crippen molar-refractivity contribution in [2.45, 2.75) is 43.6 Å². The van der Waals surface area contributed by atoms with Gasteiger partial charge in [0.05, 0.1) is 11.4 Å². The Hall–Kier alpha value is -0.790. The summed E-state index contributed by atoms with van der Waals surface area (Å²) in [7, 11) is 1.54. The van der Waals surface area contributed by atoms with Gasteiger partial charge in [-0.3, -0.25) is 4.79 Å². The van der Waals surface area contributed by atoms with Gasteiger partial charge in [0.15, 0.2) is 0 Å². The summed E-state index contributed by atoms with van der Waals surface area (Å²) in [4.78, 5) is 25.0. The van der Waals surface area contributed by atoms with Gasteiger partial charge in [-0.25, -0.2) is 4.79 Å². The Labute approximate surface area is 117 Å². The highest BCUT2D eigenvalue weighted by atomic mass is 32.2. The van der Waals surface area contributed by atoms with E-state index in [1.807, 2.05) is 6.92 Å². The van der Waals surface area contributed by atoms with Crippen molar-refractivity contribution in [1.29, 1.82) is 0 Å². The molecule has 1 amide bonds. The van der Waals surface area contributed by atoms with Crippen molar-refractivity contribution in [2.75, 3.05) is 19.5 Å². The Kier molecular flexibility index (Phi) is 6.60. The van der Waals surface area contributed by atoms with Gasteiger partial charge in [0, 0.05) is 19.5 Å². The predicted octanol–water partition coefficient (Wildman–Crippen LogP) is 0.505. The SMILES string of the molecule is CCCC1SCC(C(=O)O)N1C(=O)C(N)CCOC. The lowest BCUT2D eigenvalue weighted by Gasteiger charge is -2.29. The Morgan fingerprint density at radius 1 is 1.58 bits per heavy atom. The number of carbonyl (C=O) groups excluding carboxylic acids is 1. The molecule has 1 aliphatic heterocycles. The third-order valence-corrected chi connectivity index (χ3v) is 4.47. The van der Waals surface area contributed by atoms with E-state index in [1.165, 1.54) is 16.7 Å². The summed E-state index contributed by atoms with van der Waals surface area (Å²) in [6, 6.07) is -1.46. The van der Waals surface area contributed by atoms with Crippen LogP contribution in [0.15, 0.2) is 0 Å². The molecule has 0 radical (unpaired) electrons. The molecule has 0 spiro atoms. The van der Waals surface area contributed by atoms with E-state index in [-0.39, 0.29) is 11.3 Å². The summed E-state index contributed by atoms with van der Waals surface area (Å²) in [6.07, 6.45) is 2.10. The van der Waals surface area contributed by atoms with Gasteiger partial charge in [-0.05, 0) is 12.8 Å². The van der Waals surface area contributed by atoms with E-state index in [0.717, 1.165) is 12.8 Å². The summed E-state index contributed by atoms with van der Waals surface area (Å²) in [5, 5.41) is 9.13. The zero-order chi connectivity index (χ0) is 14.4. The summed E-state index contributed by atoms with van der Waals surface area (Å²) in [6.45, 7) is 2.41. The maximum absolute atomic E-state index is 12.3. The van der Waals surface area contributed by atoms with Crippen molar-refractivity contribution in [3.63, 3.8) is 0 Å². The van der Waals surface area contributed by atoms with E-state index in [4.69, 9.17) is 10.5 Å². The molecule has 0 saturated carbocycles. The van der Waals surface area contributed by atoms with Gasteiger partial charge in [-0.1, -0.05) is 13.3 Å². The minimum Gasteiger partial charge on any atom is -0.480 e. The highest BCUT2D eigenvalue weighted by Gasteiger charge is 2.42. The van der Waals surface area contributed by atoms with Crippen LogP contribution in [-0.2, 0) is 14.3 Å². The quantitative estimate of drug-likeness (QED) is 0.709. The number of carboxylic acids is 1. The molecule has 3 N–H and O–H groups in total.